The molecule has 0 spiro atoms. The summed E-state index contributed by atoms with van der Waals surface area (Å²) in [7, 11) is 0. The zero-order valence-electron chi connectivity index (χ0n) is 9.01. The van der Waals surface area contributed by atoms with Gasteiger partial charge in [0.15, 0.2) is 0 Å². The topological polar surface area (TPSA) is 98.9 Å². The standard InChI is InChI=1S/C11H9N3O2S/c1-17(15)11-8(6-12)7(5-10(13)14-11)9-3-2-4-16-9/h2-5H,1H3,(H2,13,14). The quantitative estimate of drug-likeness (QED) is 0.811. The Morgan fingerprint density at radius 1 is 1.59 bits per heavy atom. The Morgan fingerprint density at radius 3 is 2.88 bits per heavy atom. The summed E-state index contributed by atoms with van der Waals surface area (Å²) in [4.78, 5) is 3.93. The van der Waals surface area contributed by atoms with E-state index in [1.807, 2.05) is 6.07 Å². The van der Waals surface area contributed by atoms with E-state index in [1.54, 1.807) is 12.1 Å². The molecular formula is C11H9N3O2S. The molecule has 0 radical (unpaired) electrons. The monoisotopic (exact) mass is 247 g/mol. The molecule has 2 N–H and O–H groups in total. The lowest BCUT2D eigenvalue weighted by molar-refractivity contribution is 0.581. The first kappa shape index (κ1) is 11.5. The second-order valence-corrected chi connectivity index (χ2v) is 4.61. The Morgan fingerprint density at radius 2 is 2.35 bits per heavy atom. The maximum absolute atomic E-state index is 11.5. The lowest BCUT2D eigenvalue weighted by atomic mass is 10.1. The number of nitrogens with zero attached hydrogens (tertiary/aromatic N) is 2. The maximum Gasteiger partial charge on any atom is 0.264 e. The SMILES string of the molecule is C[S+]([O-])c1nc(N)cc(-c2ccco2)c1C#N. The van der Waals surface area contributed by atoms with Crippen LogP contribution in [-0.4, -0.2) is 15.8 Å². The van der Waals surface area contributed by atoms with E-state index in [0.717, 1.165) is 0 Å². The van der Waals surface area contributed by atoms with E-state index in [1.165, 1.54) is 18.6 Å². The number of furan rings is 1. The smallest absolute Gasteiger partial charge is 0.264 e. The number of nitrogen functional groups attached to an aromatic ring is 1. The second kappa shape index (κ2) is 4.49. The Kier molecular flexibility index (Phi) is 3.04. The van der Waals surface area contributed by atoms with Crippen molar-refractivity contribution in [2.75, 3.05) is 12.0 Å². The van der Waals surface area contributed by atoms with Crippen molar-refractivity contribution < 1.29 is 8.97 Å². The maximum atomic E-state index is 11.5. The van der Waals surface area contributed by atoms with E-state index in [2.05, 4.69) is 4.98 Å². The molecule has 2 aromatic heterocycles. The molecule has 1 unspecified atom stereocenters. The molecule has 0 bridgehead atoms. The summed E-state index contributed by atoms with van der Waals surface area (Å²) in [6, 6.07) is 6.94. The number of hydrogen-bond acceptors (Lipinski definition) is 5. The average Bonchev–Trinajstić information content (AvgIpc) is 2.81. The van der Waals surface area contributed by atoms with E-state index < -0.39 is 11.2 Å². The van der Waals surface area contributed by atoms with Gasteiger partial charge >= 0.3 is 0 Å². The summed E-state index contributed by atoms with van der Waals surface area (Å²) in [6.07, 6.45) is 2.95. The van der Waals surface area contributed by atoms with Gasteiger partial charge < -0.3 is 14.7 Å². The molecule has 2 aromatic rings. The lowest BCUT2D eigenvalue weighted by Crippen LogP contribution is -2.07. The van der Waals surface area contributed by atoms with Crippen molar-refractivity contribution in [2.24, 2.45) is 0 Å². The third-order valence-corrected chi connectivity index (χ3v) is 3.02. The highest BCUT2D eigenvalue weighted by molar-refractivity contribution is 7.90. The summed E-state index contributed by atoms with van der Waals surface area (Å²) in [5, 5.41) is 9.31. The van der Waals surface area contributed by atoms with Crippen LogP contribution in [0.1, 0.15) is 5.56 Å². The molecule has 0 saturated heterocycles. The molecule has 0 amide bonds. The van der Waals surface area contributed by atoms with Crippen LogP contribution in [0.25, 0.3) is 11.3 Å². The molecule has 6 heteroatoms. The zero-order valence-corrected chi connectivity index (χ0v) is 9.82. The first-order valence-corrected chi connectivity index (χ1v) is 6.27. The Balaban J connectivity index is 2.71. The van der Waals surface area contributed by atoms with E-state index >= 15 is 0 Å². The number of aromatic nitrogens is 1. The summed E-state index contributed by atoms with van der Waals surface area (Å²) in [5.41, 5.74) is 6.37. The summed E-state index contributed by atoms with van der Waals surface area (Å²) >= 11 is -1.38. The van der Waals surface area contributed by atoms with E-state index in [9.17, 15) is 4.55 Å². The van der Waals surface area contributed by atoms with Gasteiger partial charge in [-0.25, -0.2) is 0 Å². The van der Waals surface area contributed by atoms with Crippen molar-refractivity contribution in [1.29, 1.82) is 5.26 Å². The highest BCUT2D eigenvalue weighted by Crippen LogP contribution is 2.29. The third-order valence-electron chi connectivity index (χ3n) is 2.18. The van der Waals surface area contributed by atoms with Gasteiger partial charge in [-0.3, -0.25) is 0 Å². The van der Waals surface area contributed by atoms with E-state index in [-0.39, 0.29) is 16.4 Å². The van der Waals surface area contributed by atoms with Crippen molar-refractivity contribution in [3.8, 4) is 17.4 Å². The van der Waals surface area contributed by atoms with Crippen molar-refractivity contribution in [3.63, 3.8) is 0 Å². The van der Waals surface area contributed by atoms with Gasteiger partial charge in [-0.1, -0.05) is 0 Å². The molecule has 86 valence electrons. The zero-order chi connectivity index (χ0) is 12.4. The first-order chi connectivity index (χ1) is 8.13. The normalized spacial score (nSPS) is 12.1. The number of rotatable bonds is 2. The fraction of sp³-hybridized carbons (Fsp3) is 0.0909. The van der Waals surface area contributed by atoms with Gasteiger partial charge in [0.1, 0.15) is 29.5 Å². The molecule has 17 heavy (non-hydrogen) atoms. The van der Waals surface area contributed by atoms with Crippen molar-refractivity contribution in [3.05, 3.63) is 30.0 Å². The van der Waals surface area contributed by atoms with Gasteiger partial charge in [-0.2, -0.15) is 10.2 Å². The molecule has 5 nitrogen and oxygen atoms in total. The van der Waals surface area contributed by atoms with Crippen LogP contribution in [0.4, 0.5) is 5.82 Å². The number of nitriles is 1. The van der Waals surface area contributed by atoms with Crippen molar-refractivity contribution in [1.82, 2.24) is 4.98 Å². The van der Waals surface area contributed by atoms with Crippen LogP contribution in [-0.2, 0) is 11.2 Å². The van der Waals surface area contributed by atoms with Crippen molar-refractivity contribution >= 4 is 17.0 Å². The fourth-order valence-electron chi connectivity index (χ4n) is 1.48. The van der Waals surface area contributed by atoms with Gasteiger partial charge in [0.2, 0.25) is 0 Å². The Bertz CT molecular complexity index is 573. The van der Waals surface area contributed by atoms with E-state index in [4.69, 9.17) is 15.4 Å². The average molecular weight is 247 g/mol. The van der Waals surface area contributed by atoms with Gasteiger partial charge in [0, 0.05) is 16.7 Å². The molecule has 2 heterocycles. The van der Waals surface area contributed by atoms with Gasteiger partial charge in [-0.05, 0) is 18.2 Å². The summed E-state index contributed by atoms with van der Waals surface area (Å²) in [5.74, 6) is 0.711. The minimum Gasteiger partial charge on any atom is -0.610 e. The molecule has 2 rings (SSSR count). The number of hydrogen-bond donors (Lipinski definition) is 1. The largest absolute Gasteiger partial charge is 0.610 e. The van der Waals surface area contributed by atoms with Gasteiger partial charge in [-0.15, -0.1) is 0 Å². The molecule has 0 aromatic carbocycles. The number of anilines is 1. The summed E-state index contributed by atoms with van der Waals surface area (Å²) < 4.78 is 16.7. The van der Waals surface area contributed by atoms with E-state index in [0.29, 0.717) is 11.3 Å². The van der Waals surface area contributed by atoms with Crippen LogP contribution < -0.4 is 5.73 Å². The highest BCUT2D eigenvalue weighted by Gasteiger charge is 2.21. The molecule has 0 aliphatic carbocycles. The molecule has 0 aliphatic heterocycles. The highest BCUT2D eigenvalue weighted by atomic mass is 32.2. The molecule has 0 aliphatic rings. The predicted molar refractivity (Wildman–Crippen MR) is 63.4 cm³/mol. The molecule has 0 fully saturated rings. The lowest BCUT2D eigenvalue weighted by Gasteiger charge is -2.08. The minimum atomic E-state index is -1.38. The van der Waals surface area contributed by atoms with Crippen LogP contribution in [0, 0.1) is 11.3 Å². The van der Waals surface area contributed by atoms with Crippen LogP contribution in [0.5, 0.6) is 0 Å². The molecular weight excluding hydrogens is 238 g/mol. The predicted octanol–water partition coefficient (Wildman–Crippen LogP) is 1.53. The number of nitrogens with two attached hydrogens (primary N) is 1. The second-order valence-electron chi connectivity index (χ2n) is 3.32. The number of pyridine rings is 1. The fourth-order valence-corrected chi connectivity index (χ4v) is 2.16. The minimum absolute atomic E-state index is 0.180. The van der Waals surface area contributed by atoms with Crippen LogP contribution in [0.15, 0.2) is 33.9 Å². The first-order valence-electron chi connectivity index (χ1n) is 4.71. The van der Waals surface area contributed by atoms with Crippen LogP contribution >= 0.6 is 0 Å². The van der Waals surface area contributed by atoms with Crippen LogP contribution in [0.3, 0.4) is 0 Å². The Labute approximate surface area is 101 Å². The molecule has 0 saturated carbocycles. The summed E-state index contributed by atoms with van der Waals surface area (Å²) in [6.45, 7) is 0. The van der Waals surface area contributed by atoms with Crippen molar-refractivity contribution in [2.45, 2.75) is 5.03 Å². The third kappa shape index (κ3) is 2.11. The van der Waals surface area contributed by atoms with Gasteiger partial charge in [0.25, 0.3) is 5.03 Å². The van der Waals surface area contributed by atoms with Crippen LogP contribution in [0.2, 0.25) is 0 Å². The molecule has 1 atom stereocenters. The Hall–Kier alpha value is -1.97. The van der Waals surface area contributed by atoms with Gasteiger partial charge in [0.05, 0.1) is 6.26 Å².